The van der Waals surface area contributed by atoms with Crippen LogP contribution in [-0.2, 0) is 0 Å². The highest BCUT2D eigenvalue weighted by molar-refractivity contribution is 6.12. The van der Waals surface area contributed by atoms with Crippen molar-refractivity contribution in [2.45, 2.75) is 0 Å². The van der Waals surface area contributed by atoms with E-state index in [1.807, 2.05) is 60.7 Å². The molecule has 0 spiro atoms. The van der Waals surface area contributed by atoms with Gasteiger partial charge < -0.3 is 9.47 Å². The van der Waals surface area contributed by atoms with Gasteiger partial charge in [-0.05, 0) is 60.7 Å². The number of carbonyl (C=O) groups excluding carboxylic acids is 1. The lowest BCUT2D eigenvalue weighted by Gasteiger charge is -2.25. The zero-order chi connectivity index (χ0) is 26.9. The smallest absolute Gasteiger partial charge is 0.193 e. The van der Waals surface area contributed by atoms with E-state index in [0.29, 0.717) is 11.1 Å². The second-order valence-corrected chi connectivity index (χ2v) is 9.81. The molecule has 7 rings (SSSR count). The molecular formula is C37H26N2O. The Labute approximate surface area is 233 Å². The predicted molar refractivity (Wildman–Crippen MR) is 165 cm³/mol. The van der Waals surface area contributed by atoms with Crippen LogP contribution >= 0.6 is 0 Å². The van der Waals surface area contributed by atoms with E-state index in [4.69, 9.17) is 0 Å². The average molecular weight is 515 g/mol. The van der Waals surface area contributed by atoms with E-state index in [2.05, 4.69) is 107 Å². The van der Waals surface area contributed by atoms with Crippen LogP contribution in [0.2, 0.25) is 0 Å². The van der Waals surface area contributed by atoms with Gasteiger partial charge in [0.2, 0.25) is 0 Å². The van der Waals surface area contributed by atoms with Crippen molar-refractivity contribution in [2.75, 3.05) is 4.90 Å². The molecule has 3 nitrogen and oxygen atoms in total. The molecule has 0 fully saturated rings. The number of carbonyl (C=O) groups is 1. The van der Waals surface area contributed by atoms with E-state index < -0.39 is 0 Å². The zero-order valence-corrected chi connectivity index (χ0v) is 21.8. The first-order valence-corrected chi connectivity index (χ1v) is 13.4. The lowest BCUT2D eigenvalue weighted by atomic mass is 10.0. The summed E-state index contributed by atoms with van der Waals surface area (Å²) >= 11 is 0. The molecule has 0 bridgehead atoms. The number of rotatable bonds is 6. The fraction of sp³-hybridized carbons (Fsp3) is 0. The summed E-state index contributed by atoms with van der Waals surface area (Å²) in [5, 5.41) is 2.32. The molecule has 0 atom stereocenters. The van der Waals surface area contributed by atoms with E-state index in [1.54, 1.807) is 0 Å². The molecule has 7 aromatic rings. The standard InChI is InChI=1S/C37H26N2O/c40-37(27-13-4-1-5-14-27)28-15-12-20-31(25-28)39-35-22-11-10-21-33(35)34-26-32(23-24-36(34)39)38(29-16-6-2-7-17-29)30-18-8-3-9-19-30/h1-26H. The molecule has 0 N–H and O–H groups in total. The third kappa shape index (κ3) is 4.14. The number of benzene rings is 6. The highest BCUT2D eigenvalue weighted by Gasteiger charge is 2.18. The molecule has 0 saturated heterocycles. The van der Waals surface area contributed by atoms with Gasteiger partial charge in [-0.2, -0.15) is 0 Å². The number of hydrogen-bond donors (Lipinski definition) is 0. The minimum atomic E-state index is 0.0202. The Morgan fingerprint density at radius 1 is 0.450 bits per heavy atom. The number of hydrogen-bond acceptors (Lipinski definition) is 2. The first-order chi connectivity index (χ1) is 19.8. The van der Waals surface area contributed by atoms with Crippen LogP contribution in [0.3, 0.4) is 0 Å². The summed E-state index contributed by atoms with van der Waals surface area (Å²) in [6, 6.07) is 53.4. The van der Waals surface area contributed by atoms with Crippen molar-refractivity contribution in [3.8, 4) is 5.69 Å². The van der Waals surface area contributed by atoms with Crippen LogP contribution in [0, 0.1) is 0 Å². The van der Waals surface area contributed by atoms with Crippen LogP contribution in [0.25, 0.3) is 27.5 Å². The highest BCUT2D eigenvalue weighted by Crippen LogP contribution is 2.39. The number of aromatic nitrogens is 1. The summed E-state index contributed by atoms with van der Waals surface area (Å²) in [7, 11) is 0. The summed E-state index contributed by atoms with van der Waals surface area (Å²) in [5.74, 6) is 0.0202. The van der Waals surface area contributed by atoms with E-state index in [1.165, 1.54) is 5.39 Å². The van der Waals surface area contributed by atoms with Crippen molar-refractivity contribution >= 4 is 44.7 Å². The van der Waals surface area contributed by atoms with Crippen LogP contribution < -0.4 is 4.90 Å². The zero-order valence-electron chi connectivity index (χ0n) is 21.8. The van der Waals surface area contributed by atoms with Crippen molar-refractivity contribution < 1.29 is 4.79 Å². The lowest BCUT2D eigenvalue weighted by molar-refractivity contribution is 0.103. The molecule has 0 unspecified atom stereocenters. The van der Waals surface area contributed by atoms with Crippen LogP contribution in [0.15, 0.2) is 158 Å². The van der Waals surface area contributed by atoms with Gasteiger partial charge in [0.05, 0.1) is 11.0 Å². The monoisotopic (exact) mass is 514 g/mol. The third-order valence-electron chi connectivity index (χ3n) is 7.35. The molecule has 0 aliphatic rings. The maximum Gasteiger partial charge on any atom is 0.193 e. The van der Waals surface area contributed by atoms with Crippen molar-refractivity contribution in [3.05, 3.63) is 169 Å². The summed E-state index contributed by atoms with van der Waals surface area (Å²) in [6.45, 7) is 0. The molecule has 190 valence electrons. The molecule has 1 aromatic heterocycles. The average Bonchev–Trinajstić information content (AvgIpc) is 3.36. The van der Waals surface area contributed by atoms with Gasteiger partial charge in [0, 0.05) is 44.6 Å². The molecular weight excluding hydrogens is 488 g/mol. The minimum Gasteiger partial charge on any atom is -0.310 e. The number of ketones is 1. The number of anilines is 3. The van der Waals surface area contributed by atoms with Gasteiger partial charge in [0.25, 0.3) is 0 Å². The molecule has 6 aromatic carbocycles. The van der Waals surface area contributed by atoms with Crippen LogP contribution in [0.4, 0.5) is 17.1 Å². The number of para-hydroxylation sites is 3. The molecule has 40 heavy (non-hydrogen) atoms. The van der Waals surface area contributed by atoms with Crippen molar-refractivity contribution in [1.29, 1.82) is 0 Å². The number of fused-ring (bicyclic) bond motifs is 3. The second-order valence-electron chi connectivity index (χ2n) is 9.81. The Kier molecular flexibility index (Phi) is 5.95. The van der Waals surface area contributed by atoms with Gasteiger partial charge in [0.15, 0.2) is 5.78 Å². The third-order valence-corrected chi connectivity index (χ3v) is 7.35. The van der Waals surface area contributed by atoms with Crippen LogP contribution in [-0.4, -0.2) is 10.4 Å². The maximum atomic E-state index is 13.3. The van der Waals surface area contributed by atoms with E-state index >= 15 is 0 Å². The fourth-order valence-electron chi connectivity index (χ4n) is 5.52. The van der Waals surface area contributed by atoms with Gasteiger partial charge in [-0.15, -0.1) is 0 Å². The molecule has 0 aliphatic carbocycles. The van der Waals surface area contributed by atoms with Crippen molar-refractivity contribution in [3.63, 3.8) is 0 Å². The summed E-state index contributed by atoms with van der Waals surface area (Å²) in [4.78, 5) is 15.6. The SMILES string of the molecule is O=C(c1ccccc1)c1cccc(-n2c3ccccc3c3cc(N(c4ccccc4)c4ccccc4)ccc32)c1. The Balaban J connectivity index is 1.41. The Hall–Kier alpha value is -5.41. The molecule has 3 heteroatoms. The van der Waals surface area contributed by atoms with Gasteiger partial charge >= 0.3 is 0 Å². The molecule has 0 saturated carbocycles. The summed E-state index contributed by atoms with van der Waals surface area (Å²) < 4.78 is 2.26. The Morgan fingerprint density at radius 3 is 1.73 bits per heavy atom. The highest BCUT2D eigenvalue weighted by atomic mass is 16.1. The Morgan fingerprint density at radius 2 is 1.02 bits per heavy atom. The lowest BCUT2D eigenvalue weighted by Crippen LogP contribution is -2.09. The topological polar surface area (TPSA) is 25.2 Å². The van der Waals surface area contributed by atoms with Gasteiger partial charge in [-0.25, -0.2) is 0 Å². The fourth-order valence-corrected chi connectivity index (χ4v) is 5.52. The van der Waals surface area contributed by atoms with Gasteiger partial charge in [-0.3, -0.25) is 4.79 Å². The number of nitrogens with zero attached hydrogens (tertiary/aromatic N) is 2. The first kappa shape index (κ1) is 23.7. The van der Waals surface area contributed by atoms with Crippen LogP contribution in [0.1, 0.15) is 15.9 Å². The van der Waals surface area contributed by atoms with Gasteiger partial charge in [-0.1, -0.05) is 97.1 Å². The molecule has 1 heterocycles. The largest absolute Gasteiger partial charge is 0.310 e. The predicted octanol–water partition coefficient (Wildman–Crippen LogP) is 9.48. The normalized spacial score (nSPS) is 11.1. The summed E-state index contributed by atoms with van der Waals surface area (Å²) in [5.41, 5.74) is 7.80. The second kappa shape index (κ2) is 10.0. The first-order valence-electron chi connectivity index (χ1n) is 13.4. The summed E-state index contributed by atoms with van der Waals surface area (Å²) in [6.07, 6.45) is 0. The van der Waals surface area contributed by atoms with E-state index in [0.717, 1.165) is 39.2 Å². The van der Waals surface area contributed by atoms with Crippen molar-refractivity contribution in [1.82, 2.24) is 4.57 Å². The van der Waals surface area contributed by atoms with Crippen molar-refractivity contribution in [2.24, 2.45) is 0 Å². The minimum absolute atomic E-state index is 0.0202. The van der Waals surface area contributed by atoms with Crippen LogP contribution in [0.5, 0.6) is 0 Å². The maximum absolute atomic E-state index is 13.3. The molecule has 0 amide bonds. The molecule has 0 radical (unpaired) electrons. The van der Waals surface area contributed by atoms with E-state index in [9.17, 15) is 4.79 Å². The van der Waals surface area contributed by atoms with E-state index in [-0.39, 0.29) is 5.78 Å². The van der Waals surface area contributed by atoms with Gasteiger partial charge in [0.1, 0.15) is 0 Å². The quantitative estimate of drug-likeness (QED) is 0.207. The molecule has 0 aliphatic heterocycles. The Bertz CT molecular complexity index is 1920.